The summed E-state index contributed by atoms with van der Waals surface area (Å²) >= 11 is 0. The molecule has 3 aromatic heterocycles. The SMILES string of the molecule is CC1CC(CC(C)N2CC(CC#N)(n3cc(-c4ncnc5c4ccn5COCCS(C)(C)C)cn3)C2)N1. The molecule has 2 fully saturated rings. The quantitative estimate of drug-likeness (QED) is 0.384. The van der Waals surface area contributed by atoms with Gasteiger partial charge in [-0.3, -0.25) is 9.58 Å². The standard InChI is InChI=1S/C27H40N8OS/c1-20-12-23(32-20)13-21(2)34-16-27(17-34,7-8-28)35-15-22(14-31-35)25-24-6-9-33(26(24)30-18-29-25)19-36-10-11-37(3,4)5/h6,9,14-15,18,20-21,23,32H,7,10-13,16-17,19H2,1-5H3. The third kappa shape index (κ3) is 5.55. The molecule has 3 unspecified atom stereocenters. The van der Waals surface area contributed by atoms with Crippen molar-refractivity contribution in [1.82, 2.24) is 34.5 Å². The molecule has 200 valence electrons. The Bertz CT molecular complexity index is 1260. The van der Waals surface area contributed by atoms with Gasteiger partial charge in [-0.1, -0.05) is 0 Å². The number of nitriles is 1. The van der Waals surface area contributed by atoms with Crippen molar-refractivity contribution in [3.05, 3.63) is 31.0 Å². The average molecular weight is 525 g/mol. The molecule has 0 bridgehead atoms. The Labute approximate surface area is 221 Å². The maximum Gasteiger partial charge on any atom is 0.145 e. The Morgan fingerprint density at radius 3 is 2.78 bits per heavy atom. The number of hydrogen-bond donors (Lipinski definition) is 1. The van der Waals surface area contributed by atoms with Gasteiger partial charge in [-0.2, -0.15) is 10.4 Å². The monoisotopic (exact) mass is 524 g/mol. The zero-order valence-electron chi connectivity index (χ0n) is 22.7. The van der Waals surface area contributed by atoms with Gasteiger partial charge in [0, 0.05) is 60.3 Å². The first-order valence-electron chi connectivity index (χ1n) is 13.1. The van der Waals surface area contributed by atoms with Crippen LogP contribution in [0.25, 0.3) is 22.3 Å². The fraction of sp³-hybridized carbons (Fsp3) is 0.630. The third-order valence-corrected chi connectivity index (χ3v) is 9.17. The first kappa shape index (κ1) is 26.2. The van der Waals surface area contributed by atoms with E-state index in [1.54, 1.807) is 6.33 Å². The molecule has 3 atom stereocenters. The van der Waals surface area contributed by atoms with Crippen LogP contribution >= 0.6 is 10.0 Å². The highest BCUT2D eigenvalue weighted by atomic mass is 32.3. The molecule has 5 heterocycles. The minimum absolute atomic E-state index is 0.289. The van der Waals surface area contributed by atoms with Crippen molar-refractivity contribution in [1.29, 1.82) is 5.26 Å². The van der Waals surface area contributed by atoms with Gasteiger partial charge in [0.25, 0.3) is 0 Å². The molecule has 1 N–H and O–H groups in total. The van der Waals surface area contributed by atoms with Crippen LogP contribution in [0.2, 0.25) is 0 Å². The molecule has 0 aromatic carbocycles. The van der Waals surface area contributed by atoms with E-state index >= 15 is 0 Å². The molecule has 0 saturated carbocycles. The van der Waals surface area contributed by atoms with Crippen LogP contribution in [0.1, 0.15) is 33.1 Å². The van der Waals surface area contributed by atoms with E-state index in [2.05, 4.69) is 65.1 Å². The molecule has 5 rings (SSSR count). The predicted octanol–water partition coefficient (Wildman–Crippen LogP) is 3.42. The number of aromatic nitrogens is 5. The van der Waals surface area contributed by atoms with E-state index < -0.39 is 10.0 Å². The number of ether oxygens (including phenoxy) is 1. The number of hydrogen-bond acceptors (Lipinski definition) is 7. The van der Waals surface area contributed by atoms with Crippen LogP contribution < -0.4 is 5.32 Å². The zero-order valence-corrected chi connectivity index (χ0v) is 23.5. The van der Waals surface area contributed by atoms with Gasteiger partial charge in [-0.15, -0.1) is 0 Å². The first-order chi connectivity index (χ1) is 17.7. The Morgan fingerprint density at radius 2 is 2.08 bits per heavy atom. The molecule has 2 saturated heterocycles. The summed E-state index contributed by atoms with van der Waals surface area (Å²) in [6.45, 7) is 7.44. The Hall–Kier alpha value is -2.45. The van der Waals surface area contributed by atoms with Gasteiger partial charge < -0.3 is 14.6 Å². The van der Waals surface area contributed by atoms with Crippen molar-refractivity contribution in [3.8, 4) is 17.3 Å². The number of nitrogens with zero attached hydrogens (tertiary/aromatic N) is 7. The van der Waals surface area contributed by atoms with E-state index in [4.69, 9.17) is 9.84 Å². The maximum atomic E-state index is 9.62. The van der Waals surface area contributed by atoms with Crippen molar-refractivity contribution in [3.63, 3.8) is 0 Å². The molecule has 0 aliphatic carbocycles. The molecule has 10 heteroatoms. The van der Waals surface area contributed by atoms with Gasteiger partial charge in [0.15, 0.2) is 0 Å². The van der Waals surface area contributed by atoms with E-state index in [9.17, 15) is 5.26 Å². The van der Waals surface area contributed by atoms with Gasteiger partial charge in [-0.05, 0) is 51.5 Å². The van der Waals surface area contributed by atoms with Gasteiger partial charge in [0.05, 0.1) is 31.0 Å². The van der Waals surface area contributed by atoms with E-state index in [0.717, 1.165) is 54.2 Å². The zero-order chi connectivity index (χ0) is 26.2. The summed E-state index contributed by atoms with van der Waals surface area (Å²) in [7, 11) is -0.572. The molecule has 0 amide bonds. The third-order valence-electron chi connectivity index (χ3n) is 7.78. The lowest BCUT2D eigenvalue weighted by atomic mass is 9.83. The van der Waals surface area contributed by atoms with Crippen LogP contribution in [0.3, 0.4) is 0 Å². The summed E-state index contributed by atoms with van der Waals surface area (Å²) in [5.74, 6) is 1.09. The van der Waals surface area contributed by atoms with Crippen LogP contribution in [-0.4, -0.2) is 91.6 Å². The van der Waals surface area contributed by atoms with Crippen molar-refractivity contribution in [2.45, 2.75) is 63.5 Å². The van der Waals surface area contributed by atoms with Crippen molar-refractivity contribution in [2.75, 3.05) is 44.2 Å². The lowest BCUT2D eigenvalue weighted by molar-refractivity contribution is -0.0286. The van der Waals surface area contributed by atoms with Crippen molar-refractivity contribution < 1.29 is 4.74 Å². The molecular formula is C27H40N8OS. The van der Waals surface area contributed by atoms with Crippen molar-refractivity contribution in [2.24, 2.45) is 0 Å². The summed E-state index contributed by atoms with van der Waals surface area (Å²) in [4.78, 5) is 11.6. The lowest BCUT2D eigenvalue weighted by Crippen LogP contribution is -2.66. The van der Waals surface area contributed by atoms with Gasteiger partial charge in [-0.25, -0.2) is 20.0 Å². The molecule has 37 heavy (non-hydrogen) atoms. The maximum absolute atomic E-state index is 9.62. The van der Waals surface area contributed by atoms with Gasteiger partial charge in [0.2, 0.25) is 0 Å². The van der Waals surface area contributed by atoms with Crippen LogP contribution in [0.5, 0.6) is 0 Å². The fourth-order valence-corrected chi connectivity index (χ4v) is 6.17. The lowest BCUT2D eigenvalue weighted by Gasteiger charge is -2.52. The summed E-state index contributed by atoms with van der Waals surface area (Å²) in [5, 5.41) is 18.9. The highest BCUT2D eigenvalue weighted by molar-refractivity contribution is 8.32. The van der Waals surface area contributed by atoms with E-state index in [1.807, 2.05) is 27.7 Å². The predicted molar refractivity (Wildman–Crippen MR) is 150 cm³/mol. The highest BCUT2D eigenvalue weighted by Crippen LogP contribution is 2.37. The smallest absolute Gasteiger partial charge is 0.145 e. The highest BCUT2D eigenvalue weighted by Gasteiger charge is 2.47. The minimum atomic E-state index is -0.572. The molecular weight excluding hydrogens is 484 g/mol. The molecule has 3 aromatic rings. The number of nitrogens with one attached hydrogen (secondary N) is 1. The summed E-state index contributed by atoms with van der Waals surface area (Å²) in [5.41, 5.74) is 2.37. The summed E-state index contributed by atoms with van der Waals surface area (Å²) in [6.07, 6.45) is 17.3. The average Bonchev–Trinajstić information content (AvgIpc) is 3.45. The summed E-state index contributed by atoms with van der Waals surface area (Å²) in [6, 6.07) is 6.20. The van der Waals surface area contributed by atoms with Crippen LogP contribution in [0, 0.1) is 11.3 Å². The number of rotatable bonds is 11. The molecule has 2 aliphatic heterocycles. The number of fused-ring (bicyclic) bond motifs is 1. The van der Waals surface area contributed by atoms with E-state index in [1.165, 1.54) is 6.42 Å². The Morgan fingerprint density at radius 1 is 1.30 bits per heavy atom. The largest absolute Gasteiger partial charge is 0.360 e. The molecule has 0 radical (unpaired) electrons. The molecule has 9 nitrogen and oxygen atoms in total. The Balaban J connectivity index is 1.28. The van der Waals surface area contributed by atoms with Gasteiger partial charge in [0.1, 0.15) is 24.2 Å². The van der Waals surface area contributed by atoms with Crippen LogP contribution in [0.4, 0.5) is 0 Å². The second-order valence-electron chi connectivity index (χ2n) is 11.8. The normalized spacial score (nSPS) is 22.8. The second kappa shape index (κ2) is 10.4. The Kier molecular flexibility index (Phi) is 7.33. The van der Waals surface area contributed by atoms with Crippen molar-refractivity contribution >= 4 is 21.1 Å². The van der Waals surface area contributed by atoms with E-state index in [0.29, 0.717) is 31.3 Å². The van der Waals surface area contributed by atoms with E-state index in [-0.39, 0.29) is 5.54 Å². The fourth-order valence-electron chi connectivity index (χ4n) is 5.55. The second-order valence-corrected chi connectivity index (χ2v) is 16.4. The minimum Gasteiger partial charge on any atom is -0.360 e. The number of likely N-dealkylation sites (tertiary alicyclic amines) is 1. The first-order valence-corrected chi connectivity index (χ1v) is 16.2. The topological polar surface area (TPSA) is 96.8 Å². The molecule has 2 aliphatic rings. The van der Waals surface area contributed by atoms with Crippen LogP contribution in [-0.2, 0) is 17.0 Å². The van der Waals surface area contributed by atoms with Crippen LogP contribution in [0.15, 0.2) is 31.0 Å². The summed E-state index contributed by atoms with van der Waals surface area (Å²) < 4.78 is 9.97. The molecule has 0 spiro atoms. The van der Waals surface area contributed by atoms with Gasteiger partial charge >= 0.3 is 0 Å².